The number of urea groups is 1. The molecule has 2 aliphatic heterocycles. The maximum atomic E-state index is 12.8. The number of carboxylic acid groups (broad SMARTS) is 1. The van der Waals surface area contributed by atoms with Crippen molar-refractivity contribution in [3.63, 3.8) is 0 Å². The lowest BCUT2D eigenvalue weighted by Gasteiger charge is -2.45. The molecule has 2 fully saturated rings. The second-order valence-corrected chi connectivity index (χ2v) is 10.3. The third-order valence-corrected chi connectivity index (χ3v) is 8.01. The molecule has 2 aromatic rings. The molecule has 2 heterocycles. The number of rotatable bonds is 5. The first kappa shape index (κ1) is 29.3. The van der Waals surface area contributed by atoms with Gasteiger partial charge in [-0.3, -0.25) is 0 Å². The van der Waals surface area contributed by atoms with Gasteiger partial charge in [0.1, 0.15) is 5.75 Å². The predicted octanol–water partition coefficient (Wildman–Crippen LogP) is 4.59. The van der Waals surface area contributed by atoms with Gasteiger partial charge in [-0.25, -0.2) is 9.59 Å². The molecular formula is C28H34F3N3O6. The topological polar surface area (TPSA) is 109 Å². The smallest absolute Gasteiger partial charge is 0.490 e. The molecule has 218 valence electrons. The summed E-state index contributed by atoms with van der Waals surface area (Å²) in [5.41, 5.74) is 3.34. The van der Waals surface area contributed by atoms with Crippen molar-refractivity contribution in [2.75, 3.05) is 39.7 Å². The molecule has 40 heavy (non-hydrogen) atoms. The van der Waals surface area contributed by atoms with Crippen molar-refractivity contribution < 1.29 is 42.1 Å². The lowest BCUT2D eigenvalue weighted by atomic mass is 9.65. The van der Waals surface area contributed by atoms with E-state index in [1.54, 1.807) is 14.2 Å². The minimum absolute atomic E-state index is 0.0724. The van der Waals surface area contributed by atoms with Gasteiger partial charge in [-0.15, -0.1) is 0 Å². The highest BCUT2D eigenvalue weighted by Gasteiger charge is 2.50. The van der Waals surface area contributed by atoms with Crippen molar-refractivity contribution >= 4 is 17.7 Å². The summed E-state index contributed by atoms with van der Waals surface area (Å²) in [5.74, 6) is -0.306. The Kier molecular flexibility index (Phi) is 8.67. The van der Waals surface area contributed by atoms with Crippen molar-refractivity contribution in [1.29, 1.82) is 0 Å². The number of ether oxygens (including phenoxy) is 3. The summed E-state index contributed by atoms with van der Waals surface area (Å²) in [4.78, 5) is 24.1. The monoisotopic (exact) mass is 565 g/mol. The molecular weight excluding hydrogens is 531 g/mol. The summed E-state index contributed by atoms with van der Waals surface area (Å²) in [6.07, 6.45) is -0.180. The van der Waals surface area contributed by atoms with Crippen molar-refractivity contribution in [2.45, 2.75) is 55.8 Å². The molecule has 5 rings (SSSR count). The summed E-state index contributed by atoms with van der Waals surface area (Å²) in [5, 5.41) is 13.4. The number of benzene rings is 2. The fraction of sp³-hybridized carbons (Fsp3) is 0.500. The van der Waals surface area contributed by atoms with Crippen LogP contribution < -0.4 is 24.8 Å². The molecule has 3 N–H and O–H groups in total. The van der Waals surface area contributed by atoms with Gasteiger partial charge in [0.25, 0.3) is 0 Å². The molecule has 2 amide bonds. The van der Waals surface area contributed by atoms with E-state index >= 15 is 0 Å². The highest BCUT2D eigenvalue weighted by atomic mass is 19.4. The van der Waals surface area contributed by atoms with Gasteiger partial charge in [-0.1, -0.05) is 6.07 Å². The molecule has 12 heteroatoms. The third kappa shape index (κ3) is 6.22. The first-order valence-electron chi connectivity index (χ1n) is 13.0. The van der Waals surface area contributed by atoms with E-state index in [1.165, 1.54) is 5.56 Å². The highest BCUT2D eigenvalue weighted by Crippen LogP contribution is 2.49. The van der Waals surface area contributed by atoms with Gasteiger partial charge in [-0.2, -0.15) is 13.2 Å². The quantitative estimate of drug-likeness (QED) is 0.487. The number of alkyl halides is 3. The summed E-state index contributed by atoms with van der Waals surface area (Å²) in [6.45, 7) is 1.76. The summed E-state index contributed by atoms with van der Waals surface area (Å²) >= 11 is 0. The zero-order chi connectivity index (χ0) is 29.1. The molecule has 9 nitrogen and oxygen atoms in total. The number of hydrogen-bond acceptors (Lipinski definition) is 6. The maximum absolute atomic E-state index is 12.8. The second-order valence-electron chi connectivity index (χ2n) is 10.3. The SMILES string of the molecule is COc1ccc(C23CCC(NC(=O)Nc4ccc5c(c4)CCO5)CC2N(C)CC3)cc1OC.O=C(O)C(F)(F)F. The van der Waals surface area contributed by atoms with Crippen LogP contribution >= 0.6 is 0 Å². The average molecular weight is 566 g/mol. The van der Waals surface area contributed by atoms with Gasteiger partial charge in [0.15, 0.2) is 11.5 Å². The summed E-state index contributed by atoms with van der Waals surface area (Å²) < 4.78 is 48.3. The zero-order valence-electron chi connectivity index (χ0n) is 22.6. The number of carboxylic acids is 1. The molecule has 1 aliphatic carbocycles. The van der Waals surface area contributed by atoms with Crippen molar-refractivity contribution in [2.24, 2.45) is 0 Å². The Labute approximate surface area is 230 Å². The van der Waals surface area contributed by atoms with Gasteiger partial charge in [0.05, 0.1) is 20.8 Å². The Hall–Kier alpha value is -3.67. The average Bonchev–Trinajstić information content (AvgIpc) is 3.52. The third-order valence-electron chi connectivity index (χ3n) is 8.01. The molecule has 0 aromatic heterocycles. The number of hydrogen-bond donors (Lipinski definition) is 3. The van der Waals surface area contributed by atoms with Crippen molar-refractivity contribution in [3.05, 3.63) is 47.5 Å². The number of methoxy groups -OCH3 is 2. The molecule has 1 saturated heterocycles. The van der Waals surface area contributed by atoms with Crippen LogP contribution in [-0.4, -0.2) is 74.7 Å². The van der Waals surface area contributed by atoms with E-state index < -0.39 is 12.1 Å². The van der Waals surface area contributed by atoms with Gasteiger partial charge in [-0.05, 0) is 80.7 Å². The maximum Gasteiger partial charge on any atom is 0.490 e. The summed E-state index contributed by atoms with van der Waals surface area (Å²) in [6, 6.07) is 12.6. The predicted molar refractivity (Wildman–Crippen MR) is 141 cm³/mol. The molecule has 3 unspecified atom stereocenters. The molecule has 2 aromatic carbocycles. The van der Waals surface area contributed by atoms with E-state index in [0.717, 1.165) is 67.1 Å². The fourth-order valence-electron chi connectivity index (χ4n) is 6.01. The van der Waals surface area contributed by atoms with Gasteiger partial charge in [0.2, 0.25) is 0 Å². The lowest BCUT2D eigenvalue weighted by Crippen LogP contribution is -2.52. The van der Waals surface area contributed by atoms with E-state index in [2.05, 4.69) is 34.7 Å². The molecule has 3 atom stereocenters. The second kappa shape index (κ2) is 11.8. The number of likely N-dealkylation sites (N-methyl/N-ethyl adjacent to an activating group) is 1. The number of carbonyl (C=O) groups is 2. The number of aliphatic carboxylic acids is 1. The number of amides is 2. The normalized spacial score (nSPS) is 23.6. The van der Waals surface area contributed by atoms with Crippen molar-refractivity contribution in [3.8, 4) is 17.2 Å². The van der Waals surface area contributed by atoms with Crippen LogP contribution in [0.4, 0.5) is 23.7 Å². The van der Waals surface area contributed by atoms with Gasteiger partial charge >= 0.3 is 18.2 Å². The van der Waals surface area contributed by atoms with Crippen molar-refractivity contribution in [1.82, 2.24) is 10.2 Å². The van der Waals surface area contributed by atoms with Crippen LogP contribution in [-0.2, 0) is 16.6 Å². The van der Waals surface area contributed by atoms with Crippen LogP contribution in [0.25, 0.3) is 0 Å². The molecule has 0 radical (unpaired) electrons. The largest absolute Gasteiger partial charge is 0.493 e. The van der Waals surface area contributed by atoms with E-state index in [1.807, 2.05) is 24.3 Å². The van der Waals surface area contributed by atoms with Crippen LogP contribution in [0.3, 0.4) is 0 Å². The first-order valence-corrected chi connectivity index (χ1v) is 13.0. The summed E-state index contributed by atoms with van der Waals surface area (Å²) in [7, 11) is 5.55. The van der Waals surface area contributed by atoms with Crippen LogP contribution in [0.15, 0.2) is 36.4 Å². The Morgan fingerprint density at radius 2 is 1.82 bits per heavy atom. The number of fused-ring (bicyclic) bond motifs is 2. The minimum Gasteiger partial charge on any atom is -0.493 e. The standard InChI is InChI=1S/C26H33N3O4.C2HF3O2/c1-29-12-11-26(18-4-6-22(31-2)23(15-18)32-3)10-8-20(16-24(26)29)28-25(30)27-19-5-7-21-17(14-19)9-13-33-21;3-2(4,5)1(6)7/h4-7,14-15,20,24H,8-13,16H2,1-3H3,(H2,27,28,30);(H,6,7). The van der Waals surface area contributed by atoms with Crippen LogP contribution in [0.1, 0.15) is 36.8 Å². The van der Waals surface area contributed by atoms with Crippen LogP contribution in [0.2, 0.25) is 0 Å². The number of halogens is 3. The Morgan fingerprint density at radius 1 is 1.10 bits per heavy atom. The fourth-order valence-corrected chi connectivity index (χ4v) is 6.01. The Balaban J connectivity index is 0.000000470. The number of likely N-dealkylation sites (tertiary alicyclic amines) is 1. The van der Waals surface area contributed by atoms with Gasteiger partial charge < -0.3 is 34.9 Å². The van der Waals surface area contributed by atoms with E-state index in [0.29, 0.717) is 12.6 Å². The molecule has 0 spiro atoms. The number of nitrogens with zero attached hydrogens (tertiary/aromatic N) is 1. The number of carbonyl (C=O) groups excluding carboxylic acids is 1. The number of anilines is 1. The van der Waals surface area contributed by atoms with Crippen LogP contribution in [0.5, 0.6) is 17.2 Å². The zero-order valence-corrected chi connectivity index (χ0v) is 22.6. The Morgan fingerprint density at radius 3 is 2.50 bits per heavy atom. The van der Waals surface area contributed by atoms with Crippen LogP contribution in [0, 0.1) is 0 Å². The Bertz CT molecular complexity index is 1240. The van der Waals surface area contributed by atoms with E-state index in [-0.39, 0.29) is 17.5 Å². The van der Waals surface area contributed by atoms with Gasteiger partial charge in [0, 0.05) is 29.6 Å². The lowest BCUT2D eigenvalue weighted by molar-refractivity contribution is -0.192. The highest BCUT2D eigenvalue weighted by molar-refractivity contribution is 5.89. The minimum atomic E-state index is -5.08. The van der Waals surface area contributed by atoms with E-state index in [4.69, 9.17) is 24.1 Å². The molecule has 1 saturated carbocycles. The first-order chi connectivity index (χ1) is 19.0. The number of nitrogens with one attached hydrogen (secondary N) is 2. The van der Waals surface area contributed by atoms with E-state index in [9.17, 15) is 18.0 Å². The molecule has 3 aliphatic rings. The molecule has 0 bridgehead atoms.